The molecule has 11 heteroatoms. The van der Waals surface area contributed by atoms with Crippen LogP contribution in [0, 0.1) is 5.92 Å². The van der Waals surface area contributed by atoms with Crippen molar-refractivity contribution in [3.63, 3.8) is 0 Å². The molecule has 1 atom stereocenters. The highest BCUT2D eigenvalue weighted by Gasteiger charge is 2.35. The molecule has 0 unspecified atom stereocenters. The minimum absolute atomic E-state index is 0.0161. The fourth-order valence-electron chi connectivity index (χ4n) is 3.90. The van der Waals surface area contributed by atoms with Crippen LogP contribution < -0.4 is 9.62 Å². The van der Waals surface area contributed by atoms with Gasteiger partial charge in [0.2, 0.25) is 11.8 Å². The maximum absolute atomic E-state index is 13.8. The van der Waals surface area contributed by atoms with Gasteiger partial charge in [0.15, 0.2) is 0 Å². The lowest BCUT2D eigenvalue weighted by Gasteiger charge is -2.32. The Bertz CT molecular complexity index is 1400. The van der Waals surface area contributed by atoms with Crippen LogP contribution in [0.15, 0.2) is 89.8 Å². The lowest BCUT2D eigenvalue weighted by Crippen LogP contribution is -2.51. The van der Waals surface area contributed by atoms with E-state index in [4.69, 9.17) is 0 Å². The number of alkyl halides is 3. The third-order valence-electron chi connectivity index (χ3n) is 6.12. The zero-order valence-corrected chi connectivity index (χ0v) is 23.2. The number of hydrogen-bond acceptors (Lipinski definition) is 4. The Morgan fingerprint density at radius 2 is 1.48 bits per heavy atom. The van der Waals surface area contributed by atoms with Crippen LogP contribution in [0.25, 0.3) is 0 Å². The maximum atomic E-state index is 13.8. The Hall–Kier alpha value is -3.86. The molecule has 0 spiro atoms. The van der Waals surface area contributed by atoms with Crippen molar-refractivity contribution in [2.45, 2.75) is 44.4 Å². The summed E-state index contributed by atoms with van der Waals surface area (Å²) in [5.74, 6) is -1.04. The van der Waals surface area contributed by atoms with E-state index in [2.05, 4.69) is 5.32 Å². The van der Waals surface area contributed by atoms with Crippen LogP contribution in [0.4, 0.5) is 18.9 Å². The van der Waals surface area contributed by atoms with Gasteiger partial charge in [0, 0.05) is 13.1 Å². The molecule has 0 bridgehead atoms. The van der Waals surface area contributed by atoms with Gasteiger partial charge in [-0.1, -0.05) is 68.4 Å². The lowest BCUT2D eigenvalue weighted by atomic mass is 10.1. The van der Waals surface area contributed by atoms with E-state index in [1.807, 2.05) is 13.8 Å². The molecule has 0 saturated heterocycles. The molecule has 0 heterocycles. The van der Waals surface area contributed by atoms with E-state index in [0.717, 1.165) is 12.1 Å². The topological polar surface area (TPSA) is 86.8 Å². The number of nitrogens with one attached hydrogen (secondary N) is 1. The summed E-state index contributed by atoms with van der Waals surface area (Å²) in [4.78, 5) is 27.8. The van der Waals surface area contributed by atoms with Gasteiger partial charge in [0.25, 0.3) is 10.0 Å². The van der Waals surface area contributed by atoms with Gasteiger partial charge < -0.3 is 10.2 Å². The summed E-state index contributed by atoms with van der Waals surface area (Å²) in [6, 6.07) is 18.8. The van der Waals surface area contributed by atoms with Crippen LogP contribution in [0.3, 0.4) is 0 Å². The third kappa shape index (κ3) is 7.84. The second-order valence-corrected chi connectivity index (χ2v) is 11.6. The molecule has 3 rings (SSSR count). The molecule has 214 valence electrons. The first-order valence-corrected chi connectivity index (χ1v) is 14.1. The van der Waals surface area contributed by atoms with Gasteiger partial charge in [-0.2, -0.15) is 13.2 Å². The van der Waals surface area contributed by atoms with Gasteiger partial charge in [-0.3, -0.25) is 13.9 Å². The monoisotopic (exact) mass is 575 g/mol. The van der Waals surface area contributed by atoms with Gasteiger partial charge >= 0.3 is 6.18 Å². The van der Waals surface area contributed by atoms with Crippen molar-refractivity contribution < 1.29 is 31.2 Å². The number of sulfonamides is 1. The summed E-state index contributed by atoms with van der Waals surface area (Å²) in [5, 5.41) is 2.78. The van der Waals surface area contributed by atoms with Gasteiger partial charge in [0.1, 0.15) is 12.6 Å². The molecule has 7 nitrogen and oxygen atoms in total. The molecule has 0 radical (unpaired) electrons. The molecular formula is C29H32F3N3O4S. The fourth-order valence-corrected chi connectivity index (χ4v) is 5.33. The standard InChI is InChI=1S/C29H32F3N3O4S/c1-21(2)18-33-28(37)22(3)34(19-23-11-6-4-7-12-23)27(36)20-35(40(38,39)26-15-8-5-9-16-26)25-14-10-13-24(17-25)29(30,31)32/h4-17,21-22H,18-20H2,1-3H3,(H,33,37)/t22-/m1/s1. The predicted molar refractivity (Wildman–Crippen MR) is 147 cm³/mol. The van der Waals surface area contributed by atoms with Crippen LogP contribution in [0.5, 0.6) is 0 Å². The molecule has 3 aromatic rings. The van der Waals surface area contributed by atoms with E-state index >= 15 is 0 Å². The number of nitrogens with zero attached hydrogens (tertiary/aromatic N) is 2. The largest absolute Gasteiger partial charge is 0.416 e. The lowest BCUT2D eigenvalue weighted by molar-refractivity contribution is -0.139. The number of carbonyl (C=O) groups excluding carboxylic acids is 2. The maximum Gasteiger partial charge on any atom is 0.416 e. The second-order valence-electron chi connectivity index (χ2n) is 9.70. The molecule has 0 aliphatic heterocycles. The third-order valence-corrected chi connectivity index (χ3v) is 7.91. The molecule has 0 aromatic heterocycles. The normalized spacial score (nSPS) is 12.6. The average molecular weight is 576 g/mol. The number of halogens is 3. The Labute approximate surface area is 232 Å². The number of rotatable bonds is 11. The molecular weight excluding hydrogens is 543 g/mol. The highest BCUT2D eigenvalue weighted by atomic mass is 32.2. The number of anilines is 1. The first-order valence-electron chi connectivity index (χ1n) is 12.7. The van der Waals surface area contributed by atoms with E-state index in [1.54, 1.807) is 36.4 Å². The first-order chi connectivity index (χ1) is 18.8. The van der Waals surface area contributed by atoms with Crippen molar-refractivity contribution in [3.8, 4) is 0 Å². The Morgan fingerprint density at radius 3 is 2.05 bits per heavy atom. The van der Waals surface area contributed by atoms with E-state index in [-0.39, 0.29) is 23.0 Å². The molecule has 40 heavy (non-hydrogen) atoms. The second kappa shape index (κ2) is 13.0. The molecule has 0 aliphatic carbocycles. The number of carbonyl (C=O) groups is 2. The van der Waals surface area contributed by atoms with Crippen molar-refractivity contribution >= 4 is 27.5 Å². The number of amides is 2. The minimum Gasteiger partial charge on any atom is -0.354 e. The molecule has 3 aromatic carbocycles. The van der Waals surface area contributed by atoms with Gasteiger partial charge in [-0.05, 0) is 48.7 Å². The van der Waals surface area contributed by atoms with Crippen LogP contribution >= 0.6 is 0 Å². The SMILES string of the molecule is CC(C)CNC(=O)[C@@H](C)N(Cc1ccccc1)C(=O)CN(c1cccc(C(F)(F)F)c1)S(=O)(=O)c1ccccc1. The van der Waals surface area contributed by atoms with Gasteiger partial charge in [-0.15, -0.1) is 0 Å². The summed E-state index contributed by atoms with van der Waals surface area (Å²) >= 11 is 0. The van der Waals surface area contributed by atoms with E-state index in [0.29, 0.717) is 22.5 Å². The van der Waals surface area contributed by atoms with Crippen molar-refractivity contribution in [3.05, 3.63) is 96.1 Å². The highest BCUT2D eigenvalue weighted by molar-refractivity contribution is 7.92. The fraction of sp³-hybridized carbons (Fsp3) is 0.310. The highest BCUT2D eigenvalue weighted by Crippen LogP contribution is 2.33. The van der Waals surface area contributed by atoms with Crippen molar-refractivity contribution in [2.75, 3.05) is 17.4 Å². The molecule has 0 fully saturated rings. The van der Waals surface area contributed by atoms with Crippen molar-refractivity contribution in [1.82, 2.24) is 10.2 Å². The van der Waals surface area contributed by atoms with E-state index in [9.17, 15) is 31.2 Å². The van der Waals surface area contributed by atoms with Crippen LogP contribution in [-0.4, -0.2) is 44.3 Å². The van der Waals surface area contributed by atoms with Crippen molar-refractivity contribution in [2.24, 2.45) is 5.92 Å². The van der Waals surface area contributed by atoms with Gasteiger partial charge in [0.05, 0.1) is 16.1 Å². The Kier molecular flexibility index (Phi) is 9.97. The zero-order valence-electron chi connectivity index (χ0n) is 22.4. The van der Waals surface area contributed by atoms with Crippen LogP contribution in [0.1, 0.15) is 31.9 Å². The smallest absolute Gasteiger partial charge is 0.354 e. The Balaban J connectivity index is 2.05. The first kappa shape index (κ1) is 30.7. The summed E-state index contributed by atoms with van der Waals surface area (Å²) < 4.78 is 68.6. The average Bonchev–Trinajstić information content (AvgIpc) is 2.93. The van der Waals surface area contributed by atoms with Crippen LogP contribution in [-0.2, 0) is 32.3 Å². The van der Waals surface area contributed by atoms with Gasteiger partial charge in [-0.25, -0.2) is 8.42 Å². The molecule has 0 aliphatic rings. The molecule has 0 saturated carbocycles. The quantitative estimate of drug-likeness (QED) is 0.345. The molecule has 2 amide bonds. The summed E-state index contributed by atoms with van der Waals surface area (Å²) in [5.41, 5.74) is -0.701. The number of benzene rings is 3. The van der Waals surface area contributed by atoms with E-state index < -0.39 is 46.2 Å². The summed E-state index contributed by atoms with van der Waals surface area (Å²) in [7, 11) is -4.47. The predicted octanol–water partition coefficient (Wildman–Crippen LogP) is 5.09. The van der Waals surface area contributed by atoms with E-state index in [1.165, 1.54) is 42.2 Å². The minimum atomic E-state index is -4.73. The summed E-state index contributed by atoms with van der Waals surface area (Å²) in [6.45, 7) is 4.88. The van der Waals surface area contributed by atoms with Crippen LogP contribution in [0.2, 0.25) is 0 Å². The van der Waals surface area contributed by atoms with Crippen molar-refractivity contribution in [1.29, 1.82) is 0 Å². The molecule has 1 N–H and O–H groups in total. The number of hydrogen-bond donors (Lipinski definition) is 1. The zero-order chi connectivity index (χ0) is 29.5. The summed E-state index contributed by atoms with van der Waals surface area (Å²) in [6.07, 6.45) is -4.73. The Morgan fingerprint density at radius 1 is 0.875 bits per heavy atom.